The second-order valence-electron chi connectivity index (χ2n) is 3.66. The number of hydrogen-bond acceptors (Lipinski definition) is 5. The summed E-state index contributed by atoms with van der Waals surface area (Å²) in [6, 6.07) is 9.27. The molecule has 18 heavy (non-hydrogen) atoms. The highest BCUT2D eigenvalue weighted by Gasteiger charge is 2.09. The monoisotopic (exact) mass is 258 g/mol. The summed E-state index contributed by atoms with van der Waals surface area (Å²) in [6.45, 7) is 1.92. The van der Waals surface area contributed by atoms with Crippen LogP contribution in [0, 0.1) is 18.3 Å². The summed E-state index contributed by atoms with van der Waals surface area (Å²) < 4.78 is 0. The van der Waals surface area contributed by atoms with Crippen LogP contribution >= 0.6 is 11.3 Å². The number of amides is 1. The summed E-state index contributed by atoms with van der Waals surface area (Å²) in [5.74, 6) is -0.224. The average Bonchev–Trinajstić information content (AvgIpc) is 2.77. The maximum absolute atomic E-state index is 11.9. The van der Waals surface area contributed by atoms with Crippen molar-refractivity contribution in [3.05, 3.63) is 40.4 Å². The molecule has 0 aliphatic carbocycles. The summed E-state index contributed by atoms with van der Waals surface area (Å²) >= 11 is 1.21. The Bertz CT molecular complexity index is 615. The number of hydrogen-bond donors (Lipinski definition) is 1. The van der Waals surface area contributed by atoms with Crippen LogP contribution in [0.2, 0.25) is 0 Å². The minimum Gasteiger partial charge on any atom is -0.296 e. The first-order chi connectivity index (χ1) is 8.69. The van der Waals surface area contributed by atoms with Crippen molar-refractivity contribution in [2.24, 2.45) is 0 Å². The Morgan fingerprint density at radius 2 is 2.33 bits per heavy atom. The Balaban J connectivity index is 2.09. The van der Waals surface area contributed by atoms with Crippen LogP contribution in [0.3, 0.4) is 0 Å². The number of nitrogens with one attached hydrogen (secondary N) is 1. The van der Waals surface area contributed by atoms with Crippen molar-refractivity contribution in [1.29, 1.82) is 5.26 Å². The highest BCUT2D eigenvalue weighted by molar-refractivity contribution is 7.15. The fourth-order valence-corrected chi connectivity index (χ4v) is 2.07. The van der Waals surface area contributed by atoms with Crippen molar-refractivity contribution >= 4 is 22.4 Å². The molecule has 0 fully saturated rings. The smallest absolute Gasteiger partial charge is 0.257 e. The number of rotatable bonds is 3. The number of nitrogens with zero attached hydrogens (tertiary/aromatic N) is 3. The predicted octanol–water partition coefficient (Wildman–Crippen LogP) is 2.16. The third-order valence-corrected chi connectivity index (χ3v) is 3.04. The van der Waals surface area contributed by atoms with Gasteiger partial charge in [-0.3, -0.25) is 10.1 Å². The van der Waals surface area contributed by atoms with E-state index >= 15 is 0 Å². The zero-order valence-corrected chi connectivity index (χ0v) is 10.5. The molecule has 0 radical (unpaired) electrons. The SMILES string of the molecule is Cc1cccc(C(=O)Nc2nnc(CC#N)s2)c1. The van der Waals surface area contributed by atoms with E-state index < -0.39 is 0 Å². The largest absolute Gasteiger partial charge is 0.296 e. The van der Waals surface area contributed by atoms with Crippen LogP contribution in [0.1, 0.15) is 20.9 Å². The van der Waals surface area contributed by atoms with Gasteiger partial charge in [0.25, 0.3) is 5.91 Å². The fourth-order valence-electron chi connectivity index (χ4n) is 1.40. The van der Waals surface area contributed by atoms with Gasteiger partial charge in [-0.15, -0.1) is 10.2 Å². The number of aryl methyl sites for hydroxylation is 1. The minimum absolute atomic E-state index is 0.206. The summed E-state index contributed by atoms with van der Waals surface area (Å²) in [6.07, 6.45) is 0.206. The molecule has 1 aromatic carbocycles. The Labute approximate surface area is 108 Å². The van der Waals surface area contributed by atoms with Crippen molar-refractivity contribution in [3.8, 4) is 6.07 Å². The lowest BCUT2D eigenvalue weighted by molar-refractivity contribution is 0.102. The molecule has 0 spiro atoms. The zero-order valence-electron chi connectivity index (χ0n) is 9.67. The lowest BCUT2D eigenvalue weighted by Gasteiger charge is -2.01. The molecule has 5 nitrogen and oxygen atoms in total. The van der Waals surface area contributed by atoms with Gasteiger partial charge in [0, 0.05) is 5.56 Å². The van der Waals surface area contributed by atoms with Crippen molar-refractivity contribution in [1.82, 2.24) is 10.2 Å². The number of anilines is 1. The second-order valence-corrected chi connectivity index (χ2v) is 4.72. The van der Waals surface area contributed by atoms with E-state index in [0.717, 1.165) is 5.56 Å². The molecule has 0 aliphatic heterocycles. The van der Waals surface area contributed by atoms with Gasteiger partial charge in [0.2, 0.25) is 5.13 Å². The molecule has 0 saturated heterocycles. The molecule has 0 aliphatic rings. The lowest BCUT2D eigenvalue weighted by atomic mass is 10.1. The number of carbonyl (C=O) groups excluding carboxylic acids is 1. The van der Waals surface area contributed by atoms with Crippen LogP contribution in [0.4, 0.5) is 5.13 Å². The quantitative estimate of drug-likeness (QED) is 0.915. The Hall–Kier alpha value is -2.26. The van der Waals surface area contributed by atoms with Gasteiger partial charge in [-0.05, 0) is 19.1 Å². The number of nitriles is 1. The van der Waals surface area contributed by atoms with Crippen molar-refractivity contribution in [3.63, 3.8) is 0 Å². The fraction of sp³-hybridized carbons (Fsp3) is 0.167. The summed E-state index contributed by atoms with van der Waals surface area (Å²) in [4.78, 5) is 11.9. The van der Waals surface area contributed by atoms with Crippen LogP contribution in [-0.2, 0) is 6.42 Å². The third-order valence-electron chi connectivity index (χ3n) is 2.20. The van der Waals surface area contributed by atoms with Crippen LogP contribution in [0.25, 0.3) is 0 Å². The normalized spacial score (nSPS) is 9.78. The van der Waals surface area contributed by atoms with Gasteiger partial charge in [-0.2, -0.15) is 5.26 Å². The van der Waals surface area contributed by atoms with Gasteiger partial charge in [0.15, 0.2) is 0 Å². The van der Waals surface area contributed by atoms with E-state index in [1.165, 1.54) is 11.3 Å². The first-order valence-electron chi connectivity index (χ1n) is 5.26. The molecule has 2 rings (SSSR count). The van der Waals surface area contributed by atoms with Crippen LogP contribution < -0.4 is 5.32 Å². The van der Waals surface area contributed by atoms with Crippen molar-refractivity contribution in [2.75, 3.05) is 5.32 Å². The molecule has 1 aromatic heterocycles. The number of benzene rings is 1. The highest BCUT2D eigenvalue weighted by Crippen LogP contribution is 2.16. The second kappa shape index (κ2) is 5.38. The number of carbonyl (C=O) groups is 1. The molecule has 0 bridgehead atoms. The van der Waals surface area contributed by atoms with Gasteiger partial charge in [0.05, 0.1) is 12.5 Å². The van der Waals surface area contributed by atoms with E-state index in [1.807, 2.05) is 25.1 Å². The third kappa shape index (κ3) is 2.90. The zero-order chi connectivity index (χ0) is 13.0. The van der Waals surface area contributed by atoms with Crippen LogP contribution in [0.5, 0.6) is 0 Å². The Morgan fingerprint density at radius 3 is 3.06 bits per heavy atom. The van der Waals surface area contributed by atoms with E-state index in [9.17, 15) is 4.79 Å². The van der Waals surface area contributed by atoms with E-state index in [0.29, 0.717) is 15.7 Å². The average molecular weight is 258 g/mol. The van der Waals surface area contributed by atoms with Gasteiger partial charge >= 0.3 is 0 Å². The topological polar surface area (TPSA) is 78.7 Å². The maximum atomic E-state index is 11.9. The molecule has 90 valence electrons. The molecular formula is C12H10N4OS. The number of aromatic nitrogens is 2. The summed E-state index contributed by atoms with van der Waals surface area (Å²) in [7, 11) is 0. The molecule has 0 saturated carbocycles. The first-order valence-corrected chi connectivity index (χ1v) is 6.08. The van der Waals surface area contributed by atoms with Gasteiger partial charge < -0.3 is 0 Å². The van der Waals surface area contributed by atoms with E-state index in [4.69, 9.17) is 5.26 Å². The van der Waals surface area contributed by atoms with Gasteiger partial charge in [-0.25, -0.2) is 0 Å². The van der Waals surface area contributed by atoms with E-state index in [1.54, 1.807) is 12.1 Å². The molecule has 6 heteroatoms. The van der Waals surface area contributed by atoms with Crippen LogP contribution in [0.15, 0.2) is 24.3 Å². The first kappa shape index (κ1) is 12.2. The van der Waals surface area contributed by atoms with Gasteiger partial charge in [0.1, 0.15) is 5.01 Å². The minimum atomic E-state index is -0.224. The lowest BCUT2D eigenvalue weighted by Crippen LogP contribution is -2.11. The van der Waals surface area contributed by atoms with Crippen molar-refractivity contribution in [2.45, 2.75) is 13.3 Å². The van der Waals surface area contributed by atoms with Gasteiger partial charge in [-0.1, -0.05) is 29.0 Å². The molecule has 1 heterocycles. The summed E-state index contributed by atoms with van der Waals surface area (Å²) in [5.41, 5.74) is 1.59. The Morgan fingerprint density at radius 1 is 1.50 bits per heavy atom. The molecular weight excluding hydrogens is 248 g/mol. The molecule has 1 N–H and O–H groups in total. The summed E-state index contributed by atoms with van der Waals surface area (Å²) in [5, 5.41) is 19.8. The standard InChI is InChI=1S/C12H10N4OS/c1-8-3-2-4-9(7-8)11(17)14-12-16-15-10(18-12)5-6-13/h2-4,7H,5H2,1H3,(H,14,16,17). The van der Waals surface area contributed by atoms with Crippen LogP contribution in [-0.4, -0.2) is 16.1 Å². The maximum Gasteiger partial charge on any atom is 0.257 e. The Kier molecular flexibility index (Phi) is 3.65. The molecule has 0 atom stereocenters. The predicted molar refractivity (Wildman–Crippen MR) is 68.4 cm³/mol. The highest BCUT2D eigenvalue weighted by atomic mass is 32.1. The van der Waals surface area contributed by atoms with E-state index in [-0.39, 0.29) is 12.3 Å². The van der Waals surface area contributed by atoms with E-state index in [2.05, 4.69) is 15.5 Å². The molecule has 1 amide bonds. The molecule has 2 aromatic rings. The van der Waals surface area contributed by atoms with Crippen molar-refractivity contribution < 1.29 is 4.79 Å². The molecule has 0 unspecified atom stereocenters.